The standard InChI is InChI=1S/C15H30N2OS/c1-3-5-13(8-11-16)6-7-14(18)17-12-15(19-2)9-4-10-15/h13H,3-12,16H2,1-2H3,(H,17,18). The van der Waals surface area contributed by atoms with Gasteiger partial charge in [-0.1, -0.05) is 26.2 Å². The molecule has 0 aliphatic heterocycles. The Morgan fingerprint density at radius 3 is 2.58 bits per heavy atom. The maximum absolute atomic E-state index is 11.9. The minimum absolute atomic E-state index is 0.221. The molecule has 3 nitrogen and oxygen atoms in total. The van der Waals surface area contributed by atoms with E-state index in [-0.39, 0.29) is 5.91 Å². The molecule has 0 saturated heterocycles. The fourth-order valence-corrected chi connectivity index (χ4v) is 3.70. The maximum Gasteiger partial charge on any atom is 0.220 e. The summed E-state index contributed by atoms with van der Waals surface area (Å²) >= 11 is 1.91. The van der Waals surface area contributed by atoms with Crippen LogP contribution >= 0.6 is 11.8 Å². The van der Waals surface area contributed by atoms with E-state index in [0.717, 1.165) is 25.9 Å². The number of hydrogen-bond donors (Lipinski definition) is 2. The molecular weight excluding hydrogens is 256 g/mol. The molecular formula is C15H30N2OS. The molecule has 1 amide bonds. The van der Waals surface area contributed by atoms with Crippen molar-refractivity contribution in [2.45, 2.75) is 63.0 Å². The Balaban J connectivity index is 2.19. The highest BCUT2D eigenvalue weighted by Crippen LogP contribution is 2.42. The molecule has 1 aliphatic rings. The summed E-state index contributed by atoms with van der Waals surface area (Å²) in [7, 11) is 0. The van der Waals surface area contributed by atoms with E-state index >= 15 is 0 Å². The second-order valence-corrected chi connectivity index (χ2v) is 7.06. The van der Waals surface area contributed by atoms with Crippen molar-refractivity contribution in [1.29, 1.82) is 0 Å². The third-order valence-electron chi connectivity index (χ3n) is 4.36. The predicted molar refractivity (Wildman–Crippen MR) is 84.4 cm³/mol. The Hall–Kier alpha value is -0.220. The van der Waals surface area contributed by atoms with E-state index in [4.69, 9.17) is 5.73 Å². The van der Waals surface area contributed by atoms with E-state index in [1.54, 1.807) is 0 Å². The number of carbonyl (C=O) groups excluding carboxylic acids is 1. The zero-order chi connectivity index (χ0) is 14.1. The number of nitrogens with one attached hydrogen (secondary N) is 1. The van der Waals surface area contributed by atoms with Gasteiger partial charge in [0.1, 0.15) is 0 Å². The second kappa shape index (κ2) is 8.85. The lowest BCUT2D eigenvalue weighted by Crippen LogP contribution is -2.45. The molecule has 0 heterocycles. The molecule has 3 N–H and O–H groups in total. The van der Waals surface area contributed by atoms with Crippen LogP contribution in [-0.2, 0) is 4.79 Å². The predicted octanol–water partition coefficient (Wildman–Crippen LogP) is 2.93. The second-order valence-electron chi connectivity index (χ2n) is 5.79. The monoisotopic (exact) mass is 286 g/mol. The number of nitrogens with two attached hydrogens (primary N) is 1. The molecule has 1 rings (SSSR count). The third-order valence-corrected chi connectivity index (χ3v) is 5.78. The zero-order valence-corrected chi connectivity index (χ0v) is 13.4. The lowest BCUT2D eigenvalue weighted by Gasteiger charge is -2.40. The van der Waals surface area contributed by atoms with Crippen LogP contribution < -0.4 is 11.1 Å². The van der Waals surface area contributed by atoms with Crippen LogP contribution in [0.5, 0.6) is 0 Å². The summed E-state index contributed by atoms with van der Waals surface area (Å²) in [4.78, 5) is 11.9. The van der Waals surface area contributed by atoms with Gasteiger partial charge in [0.25, 0.3) is 0 Å². The number of amides is 1. The van der Waals surface area contributed by atoms with E-state index < -0.39 is 0 Å². The summed E-state index contributed by atoms with van der Waals surface area (Å²) < 4.78 is 0.343. The van der Waals surface area contributed by atoms with Gasteiger partial charge < -0.3 is 11.1 Å². The molecule has 0 spiro atoms. The topological polar surface area (TPSA) is 55.1 Å². The quantitative estimate of drug-likeness (QED) is 0.649. The molecule has 0 aromatic heterocycles. The highest BCUT2D eigenvalue weighted by Gasteiger charge is 2.36. The van der Waals surface area contributed by atoms with Crippen LogP contribution in [0, 0.1) is 5.92 Å². The first kappa shape index (κ1) is 16.8. The molecule has 0 aromatic carbocycles. The molecule has 0 radical (unpaired) electrons. The summed E-state index contributed by atoms with van der Waals surface area (Å²) in [5, 5.41) is 3.12. The van der Waals surface area contributed by atoms with Crippen LogP contribution in [-0.4, -0.2) is 30.0 Å². The van der Waals surface area contributed by atoms with Gasteiger partial charge in [-0.2, -0.15) is 11.8 Å². The highest BCUT2D eigenvalue weighted by atomic mass is 32.2. The van der Waals surface area contributed by atoms with E-state index in [0.29, 0.717) is 17.1 Å². The minimum Gasteiger partial charge on any atom is -0.355 e. The Morgan fingerprint density at radius 1 is 1.37 bits per heavy atom. The summed E-state index contributed by atoms with van der Waals surface area (Å²) in [6.45, 7) is 3.78. The van der Waals surface area contributed by atoms with Crippen LogP contribution in [0.2, 0.25) is 0 Å². The molecule has 1 fully saturated rings. The number of thioether (sulfide) groups is 1. The fourth-order valence-electron chi connectivity index (χ4n) is 2.78. The number of carbonyl (C=O) groups is 1. The van der Waals surface area contributed by atoms with Gasteiger partial charge in [-0.25, -0.2) is 0 Å². The first-order chi connectivity index (χ1) is 9.15. The average molecular weight is 286 g/mol. The van der Waals surface area contributed by atoms with Crippen molar-refractivity contribution in [3.8, 4) is 0 Å². The van der Waals surface area contributed by atoms with E-state index in [1.807, 2.05) is 11.8 Å². The van der Waals surface area contributed by atoms with Crippen molar-refractivity contribution >= 4 is 17.7 Å². The largest absolute Gasteiger partial charge is 0.355 e. The van der Waals surface area contributed by atoms with Gasteiger partial charge in [0.15, 0.2) is 0 Å². The van der Waals surface area contributed by atoms with Crippen molar-refractivity contribution in [1.82, 2.24) is 5.32 Å². The Morgan fingerprint density at radius 2 is 2.11 bits per heavy atom. The van der Waals surface area contributed by atoms with E-state index in [1.165, 1.54) is 32.1 Å². The van der Waals surface area contributed by atoms with Gasteiger partial charge in [-0.05, 0) is 44.4 Å². The highest BCUT2D eigenvalue weighted by molar-refractivity contribution is 8.00. The van der Waals surface area contributed by atoms with Crippen molar-refractivity contribution in [2.24, 2.45) is 11.7 Å². The molecule has 0 aromatic rings. The Bertz CT molecular complexity index is 255. The lowest BCUT2D eigenvalue weighted by atomic mass is 9.84. The van der Waals surface area contributed by atoms with Gasteiger partial charge in [-0.3, -0.25) is 4.79 Å². The average Bonchev–Trinajstić information content (AvgIpc) is 2.36. The van der Waals surface area contributed by atoms with E-state index in [9.17, 15) is 4.79 Å². The van der Waals surface area contributed by atoms with Gasteiger partial charge in [0.05, 0.1) is 0 Å². The molecule has 4 heteroatoms. The van der Waals surface area contributed by atoms with Gasteiger partial charge in [-0.15, -0.1) is 0 Å². The lowest BCUT2D eigenvalue weighted by molar-refractivity contribution is -0.121. The third kappa shape index (κ3) is 5.74. The van der Waals surface area contributed by atoms with Crippen LogP contribution in [0.15, 0.2) is 0 Å². The SMILES string of the molecule is CCCC(CCN)CCC(=O)NCC1(SC)CCC1. The van der Waals surface area contributed by atoms with Crippen molar-refractivity contribution in [3.05, 3.63) is 0 Å². The van der Waals surface area contributed by atoms with Crippen LogP contribution in [0.4, 0.5) is 0 Å². The Kier molecular flexibility index (Phi) is 7.84. The van der Waals surface area contributed by atoms with E-state index in [2.05, 4.69) is 18.5 Å². The van der Waals surface area contributed by atoms with Crippen LogP contribution in [0.25, 0.3) is 0 Å². The Labute approximate surface area is 122 Å². The first-order valence-corrected chi connectivity index (χ1v) is 8.90. The van der Waals surface area contributed by atoms with Gasteiger partial charge in [0.2, 0.25) is 5.91 Å². The fraction of sp³-hybridized carbons (Fsp3) is 0.933. The summed E-state index contributed by atoms with van der Waals surface area (Å²) in [6.07, 6.45) is 11.0. The van der Waals surface area contributed by atoms with Crippen molar-refractivity contribution in [2.75, 3.05) is 19.3 Å². The minimum atomic E-state index is 0.221. The number of rotatable bonds is 10. The van der Waals surface area contributed by atoms with Crippen LogP contribution in [0.1, 0.15) is 58.3 Å². The van der Waals surface area contributed by atoms with Crippen LogP contribution in [0.3, 0.4) is 0 Å². The normalized spacial score (nSPS) is 18.7. The van der Waals surface area contributed by atoms with Gasteiger partial charge >= 0.3 is 0 Å². The first-order valence-electron chi connectivity index (χ1n) is 7.67. The molecule has 1 aliphatic carbocycles. The number of hydrogen-bond acceptors (Lipinski definition) is 3. The molecule has 0 bridgehead atoms. The maximum atomic E-state index is 11.9. The molecule has 1 unspecified atom stereocenters. The molecule has 1 atom stereocenters. The summed E-state index contributed by atoms with van der Waals surface area (Å²) in [5.41, 5.74) is 5.62. The zero-order valence-electron chi connectivity index (χ0n) is 12.5. The molecule has 112 valence electrons. The summed E-state index contributed by atoms with van der Waals surface area (Å²) in [5.74, 6) is 0.845. The smallest absolute Gasteiger partial charge is 0.220 e. The van der Waals surface area contributed by atoms with Crippen molar-refractivity contribution < 1.29 is 4.79 Å². The van der Waals surface area contributed by atoms with Crippen molar-refractivity contribution in [3.63, 3.8) is 0 Å². The molecule has 19 heavy (non-hydrogen) atoms. The summed E-state index contributed by atoms with van der Waals surface area (Å²) in [6, 6.07) is 0. The molecule has 1 saturated carbocycles. The van der Waals surface area contributed by atoms with Gasteiger partial charge in [0, 0.05) is 17.7 Å².